The van der Waals surface area contributed by atoms with Gasteiger partial charge in [-0.25, -0.2) is 4.98 Å². The average molecular weight is 466 g/mol. The van der Waals surface area contributed by atoms with Crippen molar-refractivity contribution in [3.05, 3.63) is 47.6 Å². The number of aryl methyl sites for hydroxylation is 2. The predicted molar refractivity (Wildman–Crippen MR) is 111 cm³/mol. The zero-order chi connectivity index (χ0) is 17.9. The van der Waals surface area contributed by atoms with E-state index in [0.717, 1.165) is 15.5 Å². The number of pyridine rings is 1. The van der Waals surface area contributed by atoms with Gasteiger partial charge < -0.3 is 12.5 Å². The molecular weight excluding hydrogens is 441 g/mol. The average Bonchev–Trinajstić information content (AvgIpc) is 3.03. The van der Waals surface area contributed by atoms with E-state index in [-0.39, 0.29) is 51.4 Å². The molecule has 139 valence electrons. The molecule has 0 unspecified atom stereocenters. The molecule has 0 amide bonds. The first-order chi connectivity index (χ1) is 11.6. The minimum atomic E-state index is -0.195. The van der Waals surface area contributed by atoms with Crippen LogP contribution in [0, 0.1) is 14.4 Å². The van der Waals surface area contributed by atoms with E-state index in [1.165, 1.54) is 23.1 Å². The van der Waals surface area contributed by atoms with E-state index in [9.17, 15) is 9.90 Å². The quantitative estimate of drug-likeness (QED) is 0.417. The van der Waals surface area contributed by atoms with E-state index in [4.69, 9.17) is 0 Å². The molecule has 4 nitrogen and oxygen atoms in total. The molecule has 0 saturated heterocycles. The maximum Gasteiger partial charge on any atom is 0.263 e. The van der Waals surface area contributed by atoms with Crippen LogP contribution in [0.15, 0.2) is 33.4 Å². The van der Waals surface area contributed by atoms with Gasteiger partial charge in [0.1, 0.15) is 10.4 Å². The zero-order valence-corrected chi connectivity index (χ0v) is 20.6. The molecule has 0 spiro atoms. The minimum absolute atomic E-state index is 0. The van der Waals surface area contributed by atoms with Crippen molar-refractivity contribution in [1.82, 2.24) is 9.55 Å². The molecule has 7 heteroatoms. The number of fused-ring (bicyclic) bond motifs is 1. The molecule has 0 aliphatic heterocycles. The Balaban J connectivity index is 0.00000151. The van der Waals surface area contributed by atoms with E-state index in [1.807, 2.05) is 58.2 Å². The number of hydrogen-bond donors (Lipinski definition) is 1. The summed E-state index contributed by atoms with van der Waals surface area (Å²) in [5.74, 6) is 0.0387. The van der Waals surface area contributed by atoms with Gasteiger partial charge >= 0.3 is 0 Å². The maximum absolute atomic E-state index is 12.8. The summed E-state index contributed by atoms with van der Waals surface area (Å²) in [4.78, 5) is 17.3. The van der Waals surface area contributed by atoms with Gasteiger partial charge in [0, 0.05) is 39.3 Å². The molecule has 0 saturated carbocycles. The third-order valence-electron chi connectivity index (χ3n) is 3.66. The molecule has 0 bridgehead atoms. The molecule has 1 radical (unpaired) electrons. The Morgan fingerprint density at radius 2 is 1.88 bits per heavy atom. The van der Waals surface area contributed by atoms with Crippen molar-refractivity contribution in [2.24, 2.45) is 0 Å². The van der Waals surface area contributed by atoms with Crippen LogP contribution in [0.5, 0.6) is 5.75 Å². The number of nitrogens with zero attached hydrogens (tertiary/aromatic N) is 2. The Morgan fingerprint density at radius 3 is 2.42 bits per heavy atom. The van der Waals surface area contributed by atoms with Gasteiger partial charge in [-0.05, 0) is 31.2 Å². The number of hydrogen-bond acceptors (Lipinski definition) is 5. The number of thiazole rings is 1. The summed E-state index contributed by atoms with van der Waals surface area (Å²) in [7, 11) is 0. The number of aromatic nitrogens is 2. The van der Waals surface area contributed by atoms with Gasteiger partial charge in [0.25, 0.3) is 5.56 Å². The van der Waals surface area contributed by atoms with Crippen molar-refractivity contribution in [1.29, 1.82) is 0 Å². The van der Waals surface area contributed by atoms with E-state index >= 15 is 0 Å². The van der Waals surface area contributed by atoms with Crippen LogP contribution < -0.4 is 5.56 Å². The van der Waals surface area contributed by atoms with Crippen LogP contribution in [0.4, 0.5) is 0 Å². The second-order valence-electron chi connectivity index (χ2n) is 4.92. The SMILES string of the molecule is CC.CCn1c(=O)c(-c2ccccc2C)c(O)c2sc(SC)nc21.[CH3-].[Y]. The molecule has 26 heavy (non-hydrogen) atoms. The first kappa shape index (κ1) is 25.3. The van der Waals surface area contributed by atoms with Gasteiger partial charge in [0.15, 0.2) is 9.99 Å². The van der Waals surface area contributed by atoms with Gasteiger partial charge in [0.2, 0.25) is 0 Å². The minimum Gasteiger partial charge on any atom is -0.505 e. The fraction of sp³-hybridized carbons (Fsp3) is 0.316. The zero-order valence-electron chi connectivity index (χ0n) is 16.2. The first-order valence-corrected chi connectivity index (χ1v) is 9.98. The predicted octanol–water partition coefficient (Wildman–Crippen LogP) is 5.35. The van der Waals surface area contributed by atoms with E-state index in [2.05, 4.69) is 4.98 Å². The van der Waals surface area contributed by atoms with Crippen LogP contribution in [0.1, 0.15) is 26.3 Å². The Hall–Kier alpha value is -0.686. The fourth-order valence-corrected chi connectivity index (χ4v) is 4.07. The number of rotatable bonds is 3. The molecule has 0 atom stereocenters. The molecule has 2 aromatic heterocycles. The van der Waals surface area contributed by atoms with Crippen molar-refractivity contribution in [2.45, 2.75) is 38.6 Å². The first-order valence-electron chi connectivity index (χ1n) is 7.94. The summed E-state index contributed by atoms with van der Waals surface area (Å²) in [6.07, 6.45) is 1.94. The third kappa shape index (κ3) is 4.59. The van der Waals surface area contributed by atoms with E-state index in [1.54, 1.807) is 4.57 Å². The van der Waals surface area contributed by atoms with Gasteiger partial charge in [-0.1, -0.05) is 49.9 Å². The second-order valence-corrected chi connectivity index (χ2v) is 6.98. The largest absolute Gasteiger partial charge is 0.505 e. The Morgan fingerprint density at radius 1 is 1.27 bits per heavy atom. The van der Waals surface area contributed by atoms with Crippen LogP contribution in [-0.2, 0) is 39.3 Å². The molecule has 0 aliphatic rings. The van der Waals surface area contributed by atoms with Crippen molar-refractivity contribution < 1.29 is 37.8 Å². The third-order valence-corrected chi connectivity index (χ3v) is 5.70. The number of thioether (sulfide) groups is 1. The Labute approximate surface area is 188 Å². The fourth-order valence-electron chi connectivity index (χ4n) is 2.55. The van der Waals surface area contributed by atoms with Crippen molar-refractivity contribution in [3.8, 4) is 16.9 Å². The number of aromatic hydroxyl groups is 1. The number of benzene rings is 1. The molecular formula is C19H25N2O2S2Y-. The Bertz CT molecular complexity index is 920. The molecule has 1 aromatic carbocycles. The molecule has 3 rings (SSSR count). The molecule has 0 fully saturated rings. The van der Waals surface area contributed by atoms with Crippen LogP contribution in [-0.4, -0.2) is 20.9 Å². The van der Waals surface area contributed by atoms with Gasteiger partial charge in [-0.15, -0.1) is 11.3 Å². The van der Waals surface area contributed by atoms with Gasteiger partial charge in [0.05, 0.1) is 5.56 Å². The van der Waals surface area contributed by atoms with Crippen LogP contribution in [0.2, 0.25) is 0 Å². The summed E-state index contributed by atoms with van der Waals surface area (Å²) in [6, 6.07) is 7.61. The van der Waals surface area contributed by atoms with Gasteiger partial charge in [-0.2, -0.15) is 0 Å². The van der Waals surface area contributed by atoms with E-state index < -0.39 is 0 Å². The van der Waals surface area contributed by atoms with Gasteiger partial charge in [-0.3, -0.25) is 9.36 Å². The Kier molecular flexibility index (Phi) is 10.9. The second kappa shape index (κ2) is 11.2. The van der Waals surface area contributed by atoms with Crippen LogP contribution >= 0.6 is 23.1 Å². The normalized spacial score (nSPS) is 9.73. The van der Waals surface area contributed by atoms with Crippen molar-refractivity contribution in [3.63, 3.8) is 0 Å². The maximum atomic E-state index is 12.8. The summed E-state index contributed by atoms with van der Waals surface area (Å²) < 4.78 is 3.14. The summed E-state index contributed by atoms with van der Waals surface area (Å²) in [5.41, 5.74) is 2.47. The monoisotopic (exact) mass is 466 g/mol. The van der Waals surface area contributed by atoms with E-state index in [0.29, 0.717) is 22.5 Å². The summed E-state index contributed by atoms with van der Waals surface area (Å²) in [6.45, 7) is 8.37. The van der Waals surface area contributed by atoms with Crippen molar-refractivity contribution >= 4 is 33.4 Å². The molecule has 0 aliphatic carbocycles. The van der Waals surface area contributed by atoms with Crippen LogP contribution in [0.3, 0.4) is 0 Å². The topological polar surface area (TPSA) is 55.1 Å². The van der Waals surface area contributed by atoms with Crippen LogP contribution in [0.25, 0.3) is 21.5 Å². The summed E-state index contributed by atoms with van der Waals surface area (Å²) in [5, 5.41) is 10.7. The molecule has 1 N–H and O–H groups in total. The molecule has 3 aromatic rings. The molecule has 2 heterocycles. The smallest absolute Gasteiger partial charge is 0.263 e. The van der Waals surface area contributed by atoms with Crippen molar-refractivity contribution in [2.75, 3.05) is 6.26 Å². The summed E-state index contributed by atoms with van der Waals surface area (Å²) >= 11 is 2.93. The standard InChI is InChI=1S/C16H16N2O2S2.C2H6.CH3.Y/c1-4-18-14-13(22-16(17-14)21-3)12(19)11(15(18)20)10-8-6-5-7-9(10)2;1-2;;/h5-8,19H,4H2,1-3H3;1-2H3;1H3;/q;;-1;.